The van der Waals surface area contributed by atoms with E-state index in [2.05, 4.69) is 47.5 Å². The third-order valence-corrected chi connectivity index (χ3v) is 6.46. The van der Waals surface area contributed by atoms with Gasteiger partial charge in [-0.3, -0.25) is 4.79 Å². The van der Waals surface area contributed by atoms with Crippen LogP contribution in [0.4, 0.5) is 10.5 Å². The zero-order chi connectivity index (χ0) is 21.8. The number of anilines is 1. The van der Waals surface area contributed by atoms with E-state index in [0.29, 0.717) is 6.54 Å². The van der Waals surface area contributed by atoms with Crippen molar-refractivity contribution >= 4 is 17.6 Å². The topological polar surface area (TPSA) is 55.9 Å². The van der Waals surface area contributed by atoms with Gasteiger partial charge in [0.15, 0.2) is 0 Å². The summed E-state index contributed by atoms with van der Waals surface area (Å²) in [5.41, 5.74) is 4.38. The van der Waals surface area contributed by atoms with Gasteiger partial charge in [-0.15, -0.1) is 0 Å². The van der Waals surface area contributed by atoms with Crippen LogP contribution in [0.1, 0.15) is 40.2 Å². The molecule has 1 N–H and O–H groups in total. The Kier molecular flexibility index (Phi) is 6.44. The highest BCUT2D eigenvalue weighted by Crippen LogP contribution is 2.28. The molecule has 31 heavy (non-hydrogen) atoms. The number of carbonyl (C=O) groups is 2. The molecule has 2 heterocycles. The van der Waals surface area contributed by atoms with E-state index in [4.69, 9.17) is 0 Å². The first-order valence-electron chi connectivity index (χ1n) is 11.2. The number of piperazine rings is 1. The maximum absolute atomic E-state index is 13.2. The molecule has 2 aliphatic rings. The summed E-state index contributed by atoms with van der Waals surface area (Å²) in [4.78, 5) is 31.4. The molecule has 2 saturated heterocycles. The largest absolute Gasteiger partial charge is 0.368 e. The molecular weight excluding hydrogens is 388 g/mol. The van der Waals surface area contributed by atoms with E-state index < -0.39 is 0 Å². The fraction of sp³-hybridized carbons (Fsp3) is 0.440. The van der Waals surface area contributed by atoms with Gasteiger partial charge in [0.25, 0.3) is 5.91 Å². The number of piperidine rings is 1. The monoisotopic (exact) mass is 420 g/mol. The van der Waals surface area contributed by atoms with Gasteiger partial charge < -0.3 is 20.0 Å². The van der Waals surface area contributed by atoms with E-state index >= 15 is 0 Å². The van der Waals surface area contributed by atoms with Gasteiger partial charge in [-0.25, -0.2) is 4.79 Å². The van der Waals surface area contributed by atoms with Crippen molar-refractivity contribution in [3.05, 3.63) is 65.2 Å². The van der Waals surface area contributed by atoms with Crippen LogP contribution in [0.25, 0.3) is 0 Å². The van der Waals surface area contributed by atoms with E-state index in [0.717, 1.165) is 56.7 Å². The Labute approximate surface area is 184 Å². The number of rotatable bonds is 3. The predicted molar refractivity (Wildman–Crippen MR) is 124 cm³/mol. The van der Waals surface area contributed by atoms with Crippen molar-refractivity contribution in [2.24, 2.45) is 0 Å². The van der Waals surface area contributed by atoms with E-state index in [9.17, 15) is 9.59 Å². The lowest BCUT2D eigenvalue weighted by Crippen LogP contribution is -2.48. The van der Waals surface area contributed by atoms with Crippen LogP contribution in [0.15, 0.2) is 48.5 Å². The summed E-state index contributed by atoms with van der Waals surface area (Å²) >= 11 is 0. The van der Waals surface area contributed by atoms with Gasteiger partial charge in [0.05, 0.1) is 0 Å². The van der Waals surface area contributed by atoms with Crippen LogP contribution >= 0.6 is 0 Å². The molecule has 6 nitrogen and oxygen atoms in total. The number of nitrogens with zero attached hydrogens (tertiary/aromatic N) is 3. The lowest BCUT2D eigenvalue weighted by molar-refractivity contribution is 0.0746. The molecule has 2 aromatic carbocycles. The SMILES string of the molecule is CNC(=O)N1CCCC(c2cccc(C(=O)N3CCN(c4cccc(C)c4)CC3)c2)C1. The normalized spacial score (nSPS) is 19.3. The van der Waals surface area contributed by atoms with Gasteiger partial charge in [0, 0.05) is 63.5 Å². The zero-order valence-corrected chi connectivity index (χ0v) is 18.5. The Hall–Kier alpha value is -3.02. The standard InChI is InChI=1S/C25H32N4O2/c1-19-6-3-10-23(16-19)27-12-14-28(15-13-27)24(30)21-8-4-7-20(17-21)22-9-5-11-29(18-22)25(31)26-2/h3-4,6-8,10,16-17,22H,5,9,11-15,18H2,1-2H3,(H,26,31). The Morgan fingerprint density at radius 1 is 0.935 bits per heavy atom. The molecular formula is C25H32N4O2. The summed E-state index contributed by atoms with van der Waals surface area (Å²) in [5, 5.41) is 2.72. The van der Waals surface area contributed by atoms with E-state index in [-0.39, 0.29) is 17.9 Å². The summed E-state index contributed by atoms with van der Waals surface area (Å²) in [6.07, 6.45) is 2.03. The Bertz CT molecular complexity index is 937. The first kappa shape index (κ1) is 21.2. The number of amides is 3. The van der Waals surface area contributed by atoms with Crippen LogP contribution in [0.5, 0.6) is 0 Å². The smallest absolute Gasteiger partial charge is 0.317 e. The number of urea groups is 1. The van der Waals surface area contributed by atoms with Gasteiger partial charge in [0.1, 0.15) is 0 Å². The average Bonchev–Trinajstić information content (AvgIpc) is 2.83. The van der Waals surface area contributed by atoms with Crippen molar-refractivity contribution in [1.82, 2.24) is 15.1 Å². The summed E-state index contributed by atoms with van der Waals surface area (Å²) < 4.78 is 0. The maximum Gasteiger partial charge on any atom is 0.317 e. The molecule has 1 unspecified atom stereocenters. The quantitative estimate of drug-likeness (QED) is 0.827. The highest BCUT2D eigenvalue weighted by atomic mass is 16.2. The van der Waals surface area contributed by atoms with Gasteiger partial charge in [-0.05, 0) is 55.2 Å². The van der Waals surface area contributed by atoms with Crippen molar-refractivity contribution in [2.75, 3.05) is 51.2 Å². The molecule has 0 saturated carbocycles. The minimum atomic E-state index is -0.0246. The number of aryl methyl sites for hydroxylation is 1. The third-order valence-electron chi connectivity index (χ3n) is 6.46. The fourth-order valence-electron chi connectivity index (χ4n) is 4.69. The maximum atomic E-state index is 13.2. The molecule has 1 atom stereocenters. The first-order valence-corrected chi connectivity index (χ1v) is 11.2. The van der Waals surface area contributed by atoms with Crippen LogP contribution in [0.3, 0.4) is 0 Å². The second-order valence-corrected chi connectivity index (χ2v) is 8.58. The minimum Gasteiger partial charge on any atom is -0.368 e. The van der Waals surface area contributed by atoms with Crippen molar-refractivity contribution in [1.29, 1.82) is 0 Å². The minimum absolute atomic E-state index is 0.0246. The third kappa shape index (κ3) is 4.84. The lowest BCUT2D eigenvalue weighted by atomic mass is 9.89. The van der Waals surface area contributed by atoms with Crippen molar-refractivity contribution < 1.29 is 9.59 Å². The van der Waals surface area contributed by atoms with E-state index in [1.54, 1.807) is 7.05 Å². The Morgan fingerprint density at radius 2 is 1.71 bits per heavy atom. The summed E-state index contributed by atoms with van der Waals surface area (Å²) in [7, 11) is 1.67. The molecule has 2 aliphatic heterocycles. The number of benzene rings is 2. The molecule has 2 fully saturated rings. The van der Waals surface area contributed by atoms with Crippen molar-refractivity contribution in [3.63, 3.8) is 0 Å². The lowest BCUT2D eigenvalue weighted by Gasteiger charge is -2.36. The Morgan fingerprint density at radius 3 is 2.45 bits per heavy atom. The molecule has 6 heteroatoms. The zero-order valence-electron chi connectivity index (χ0n) is 18.5. The second kappa shape index (κ2) is 9.41. The highest BCUT2D eigenvalue weighted by molar-refractivity contribution is 5.94. The van der Waals surface area contributed by atoms with Crippen molar-refractivity contribution in [3.8, 4) is 0 Å². The van der Waals surface area contributed by atoms with Gasteiger partial charge in [-0.1, -0.05) is 24.3 Å². The summed E-state index contributed by atoms with van der Waals surface area (Å²) in [6, 6.07) is 16.5. The predicted octanol–water partition coefficient (Wildman–Crippen LogP) is 3.48. The van der Waals surface area contributed by atoms with Crippen LogP contribution in [0.2, 0.25) is 0 Å². The van der Waals surface area contributed by atoms with Crippen molar-refractivity contribution in [2.45, 2.75) is 25.7 Å². The molecule has 0 spiro atoms. The van der Waals surface area contributed by atoms with Crippen LogP contribution in [0, 0.1) is 6.92 Å². The van der Waals surface area contributed by atoms with Gasteiger partial charge in [-0.2, -0.15) is 0 Å². The summed E-state index contributed by atoms with van der Waals surface area (Å²) in [6.45, 7) is 6.75. The summed E-state index contributed by atoms with van der Waals surface area (Å²) in [5.74, 6) is 0.377. The average molecular weight is 421 g/mol. The van der Waals surface area contributed by atoms with E-state index in [1.165, 1.54) is 11.3 Å². The number of nitrogens with one attached hydrogen (secondary N) is 1. The van der Waals surface area contributed by atoms with Crippen LogP contribution in [-0.4, -0.2) is 68.1 Å². The molecule has 2 aromatic rings. The number of hydrogen-bond acceptors (Lipinski definition) is 3. The number of likely N-dealkylation sites (tertiary alicyclic amines) is 1. The first-order chi connectivity index (χ1) is 15.0. The molecule has 3 amide bonds. The molecule has 0 aromatic heterocycles. The van der Waals surface area contributed by atoms with Gasteiger partial charge in [0.2, 0.25) is 0 Å². The molecule has 4 rings (SSSR count). The molecule has 0 aliphatic carbocycles. The Balaban J connectivity index is 1.40. The fourth-order valence-corrected chi connectivity index (χ4v) is 4.69. The number of carbonyl (C=O) groups excluding carboxylic acids is 2. The molecule has 0 bridgehead atoms. The number of hydrogen-bond donors (Lipinski definition) is 1. The van der Waals surface area contributed by atoms with Crippen LogP contribution in [-0.2, 0) is 0 Å². The second-order valence-electron chi connectivity index (χ2n) is 8.58. The highest BCUT2D eigenvalue weighted by Gasteiger charge is 2.26. The van der Waals surface area contributed by atoms with Gasteiger partial charge >= 0.3 is 6.03 Å². The van der Waals surface area contributed by atoms with E-state index in [1.807, 2.05) is 28.0 Å². The molecule has 164 valence electrons. The van der Waals surface area contributed by atoms with Crippen LogP contribution < -0.4 is 10.2 Å². The molecule has 0 radical (unpaired) electrons.